The normalized spacial score (nSPS) is 21.6. The van der Waals surface area contributed by atoms with Gasteiger partial charge >= 0.3 is 5.97 Å². The monoisotopic (exact) mass is 363 g/mol. The van der Waals surface area contributed by atoms with Crippen molar-refractivity contribution in [2.45, 2.75) is 31.8 Å². The molecule has 7 heteroatoms. The van der Waals surface area contributed by atoms with Crippen LogP contribution < -0.4 is 9.47 Å². The van der Waals surface area contributed by atoms with Crippen LogP contribution >= 0.6 is 0 Å². The molecule has 1 aromatic rings. The van der Waals surface area contributed by atoms with Gasteiger partial charge in [0.05, 0.1) is 25.6 Å². The number of hydrogen-bond donors (Lipinski definition) is 1. The zero-order valence-corrected chi connectivity index (χ0v) is 15.0. The van der Waals surface area contributed by atoms with Crippen molar-refractivity contribution in [2.24, 2.45) is 5.92 Å². The number of carbonyl (C=O) groups excluding carboxylic acids is 1. The second-order valence-electron chi connectivity index (χ2n) is 6.75. The Hall–Kier alpha value is -2.28. The Bertz CT molecular complexity index is 655. The zero-order valence-electron chi connectivity index (χ0n) is 15.0. The summed E-state index contributed by atoms with van der Waals surface area (Å²) < 4.78 is 16.6. The molecule has 0 bridgehead atoms. The van der Waals surface area contributed by atoms with Crippen LogP contribution in [0.2, 0.25) is 0 Å². The second-order valence-corrected chi connectivity index (χ2v) is 6.75. The van der Waals surface area contributed by atoms with Crippen LogP contribution in [0, 0.1) is 5.92 Å². The Kier molecular flexibility index (Phi) is 5.98. The number of aliphatic carboxylic acids is 1. The number of benzene rings is 1. The van der Waals surface area contributed by atoms with Gasteiger partial charge in [0.1, 0.15) is 18.1 Å². The summed E-state index contributed by atoms with van der Waals surface area (Å²) in [5, 5.41) is 8.99. The fourth-order valence-corrected chi connectivity index (χ4v) is 3.45. The molecule has 142 valence electrons. The minimum Gasteiger partial charge on any atom is -0.497 e. The van der Waals surface area contributed by atoms with E-state index in [1.807, 2.05) is 18.2 Å². The lowest BCUT2D eigenvalue weighted by atomic mass is 9.95. The molecule has 2 aliphatic rings. The number of rotatable bonds is 7. The molecule has 26 heavy (non-hydrogen) atoms. The highest BCUT2D eigenvalue weighted by Gasteiger charge is 2.32. The van der Waals surface area contributed by atoms with E-state index in [-0.39, 0.29) is 37.5 Å². The van der Waals surface area contributed by atoms with E-state index in [1.54, 1.807) is 12.0 Å². The fourth-order valence-electron chi connectivity index (χ4n) is 3.45. The minimum absolute atomic E-state index is 0.00574. The minimum atomic E-state index is -0.910. The summed E-state index contributed by atoms with van der Waals surface area (Å²) in [6, 6.07) is 5.59. The summed E-state index contributed by atoms with van der Waals surface area (Å²) in [5.41, 5.74) is 0.964. The molecule has 2 atom stereocenters. The van der Waals surface area contributed by atoms with Crippen LogP contribution in [0.3, 0.4) is 0 Å². The predicted octanol–water partition coefficient (Wildman–Crippen LogP) is 1.73. The van der Waals surface area contributed by atoms with Gasteiger partial charge < -0.3 is 24.2 Å². The highest BCUT2D eigenvalue weighted by atomic mass is 16.5. The largest absolute Gasteiger partial charge is 0.497 e. The van der Waals surface area contributed by atoms with Crippen LogP contribution in [0.15, 0.2) is 18.2 Å². The smallest absolute Gasteiger partial charge is 0.305 e. The van der Waals surface area contributed by atoms with Gasteiger partial charge in [-0.25, -0.2) is 0 Å². The van der Waals surface area contributed by atoms with E-state index in [2.05, 4.69) is 0 Å². The van der Waals surface area contributed by atoms with Gasteiger partial charge in [-0.3, -0.25) is 9.59 Å². The lowest BCUT2D eigenvalue weighted by Gasteiger charge is -2.31. The summed E-state index contributed by atoms with van der Waals surface area (Å²) >= 11 is 0. The molecule has 0 aromatic heterocycles. The number of carboxylic acids is 1. The first-order chi connectivity index (χ1) is 12.6. The standard InChI is InChI=1S/C19H25NO6/c1-24-15-5-4-13-9-14(12-26-17(13)10-15)19(23)20(7-6-18(21)22)11-16-3-2-8-25-16/h4-5,10,14,16H,2-3,6-9,11-12H2,1H3,(H,21,22)/t14-,16+/m1/s1. The molecule has 0 aliphatic carbocycles. The Morgan fingerprint density at radius 2 is 2.23 bits per heavy atom. The van der Waals surface area contributed by atoms with E-state index in [4.69, 9.17) is 19.3 Å². The molecule has 7 nitrogen and oxygen atoms in total. The van der Waals surface area contributed by atoms with Crippen molar-refractivity contribution >= 4 is 11.9 Å². The topological polar surface area (TPSA) is 85.3 Å². The van der Waals surface area contributed by atoms with Gasteiger partial charge in [-0.2, -0.15) is 0 Å². The molecular formula is C19H25NO6. The molecule has 0 spiro atoms. The number of methoxy groups -OCH3 is 1. The first kappa shape index (κ1) is 18.5. The van der Waals surface area contributed by atoms with Gasteiger partial charge in [-0.1, -0.05) is 6.07 Å². The van der Waals surface area contributed by atoms with E-state index in [0.29, 0.717) is 19.6 Å². The molecule has 1 N–H and O–H groups in total. The predicted molar refractivity (Wildman–Crippen MR) is 93.5 cm³/mol. The molecule has 0 unspecified atom stereocenters. The third-order valence-electron chi connectivity index (χ3n) is 4.89. The van der Waals surface area contributed by atoms with E-state index in [9.17, 15) is 9.59 Å². The van der Waals surface area contributed by atoms with Crippen molar-refractivity contribution < 1.29 is 28.9 Å². The number of ether oxygens (including phenoxy) is 3. The molecule has 1 aromatic carbocycles. The van der Waals surface area contributed by atoms with Gasteiger partial charge in [-0.05, 0) is 30.9 Å². The maximum atomic E-state index is 13.0. The fraction of sp³-hybridized carbons (Fsp3) is 0.579. The van der Waals surface area contributed by atoms with Gasteiger partial charge in [0, 0.05) is 25.8 Å². The summed E-state index contributed by atoms with van der Waals surface area (Å²) in [6.45, 7) is 1.62. The van der Waals surface area contributed by atoms with E-state index >= 15 is 0 Å². The molecule has 0 saturated carbocycles. The van der Waals surface area contributed by atoms with Crippen molar-refractivity contribution in [1.82, 2.24) is 4.90 Å². The summed E-state index contributed by atoms with van der Waals surface area (Å²) in [7, 11) is 1.60. The molecule has 0 radical (unpaired) electrons. The van der Waals surface area contributed by atoms with Crippen molar-refractivity contribution in [3.63, 3.8) is 0 Å². The lowest BCUT2D eigenvalue weighted by Crippen LogP contribution is -2.45. The Balaban J connectivity index is 1.67. The molecule has 1 amide bonds. The number of amides is 1. The van der Waals surface area contributed by atoms with Gasteiger partial charge in [0.25, 0.3) is 0 Å². The summed E-state index contributed by atoms with van der Waals surface area (Å²) in [4.78, 5) is 25.6. The first-order valence-electron chi connectivity index (χ1n) is 8.98. The Labute approximate surface area is 152 Å². The lowest BCUT2D eigenvalue weighted by molar-refractivity contribution is -0.141. The molecular weight excluding hydrogens is 338 g/mol. The van der Waals surface area contributed by atoms with Gasteiger partial charge in [-0.15, -0.1) is 0 Å². The maximum absolute atomic E-state index is 13.0. The van der Waals surface area contributed by atoms with Crippen molar-refractivity contribution in [3.05, 3.63) is 23.8 Å². The second kappa shape index (κ2) is 8.40. The average molecular weight is 363 g/mol. The van der Waals surface area contributed by atoms with Crippen LogP contribution in [0.1, 0.15) is 24.8 Å². The van der Waals surface area contributed by atoms with Crippen molar-refractivity contribution in [3.8, 4) is 11.5 Å². The number of carboxylic acid groups (broad SMARTS) is 1. The highest BCUT2D eigenvalue weighted by Crippen LogP contribution is 2.31. The summed E-state index contributed by atoms with van der Waals surface area (Å²) in [5.74, 6) is 0.168. The third kappa shape index (κ3) is 4.46. The first-order valence-corrected chi connectivity index (χ1v) is 8.98. The van der Waals surface area contributed by atoms with E-state index in [0.717, 1.165) is 29.9 Å². The SMILES string of the molecule is COc1ccc2c(c1)OC[C@H](C(=O)N(CCC(=O)O)C[C@@H]1CCCO1)C2. The quantitative estimate of drug-likeness (QED) is 0.794. The van der Waals surface area contributed by atoms with Crippen molar-refractivity contribution in [1.29, 1.82) is 0 Å². The van der Waals surface area contributed by atoms with Crippen LogP contribution in [-0.2, 0) is 20.7 Å². The summed E-state index contributed by atoms with van der Waals surface area (Å²) in [6.07, 6.45) is 2.38. The number of fused-ring (bicyclic) bond motifs is 1. The average Bonchev–Trinajstić information content (AvgIpc) is 3.16. The van der Waals surface area contributed by atoms with Crippen molar-refractivity contribution in [2.75, 3.05) is 33.4 Å². The van der Waals surface area contributed by atoms with Crippen LogP contribution in [0.5, 0.6) is 11.5 Å². The third-order valence-corrected chi connectivity index (χ3v) is 4.89. The van der Waals surface area contributed by atoms with E-state index < -0.39 is 5.97 Å². The molecule has 2 heterocycles. The number of nitrogens with zero attached hydrogens (tertiary/aromatic N) is 1. The maximum Gasteiger partial charge on any atom is 0.305 e. The van der Waals surface area contributed by atoms with Gasteiger partial charge in [0.15, 0.2) is 0 Å². The molecule has 1 saturated heterocycles. The number of carbonyl (C=O) groups is 2. The van der Waals surface area contributed by atoms with Crippen LogP contribution in [0.4, 0.5) is 0 Å². The molecule has 1 fully saturated rings. The zero-order chi connectivity index (χ0) is 18.5. The Morgan fingerprint density at radius 1 is 1.38 bits per heavy atom. The molecule has 3 rings (SSSR count). The Morgan fingerprint density at radius 3 is 2.92 bits per heavy atom. The van der Waals surface area contributed by atoms with Gasteiger partial charge in [0.2, 0.25) is 5.91 Å². The number of hydrogen-bond acceptors (Lipinski definition) is 5. The highest BCUT2D eigenvalue weighted by molar-refractivity contribution is 5.80. The van der Waals surface area contributed by atoms with E-state index in [1.165, 1.54) is 0 Å². The van der Waals surface area contributed by atoms with Crippen LogP contribution in [-0.4, -0.2) is 61.4 Å². The van der Waals surface area contributed by atoms with Crippen LogP contribution in [0.25, 0.3) is 0 Å². The molecule has 2 aliphatic heterocycles.